The second kappa shape index (κ2) is 12.8. The molecule has 1 N–H and O–H groups in total. The Kier molecular flexibility index (Phi) is 8.86. The minimum atomic E-state index is -2.84. The van der Waals surface area contributed by atoms with Crippen molar-refractivity contribution in [3.05, 3.63) is 112 Å². The Hall–Kier alpha value is -4.91. The first kappa shape index (κ1) is 30.5. The van der Waals surface area contributed by atoms with E-state index in [1.165, 1.54) is 43.5 Å². The average Bonchev–Trinajstić information content (AvgIpc) is 3.35. The van der Waals surface area contributed by atoms with Gasteiger partial charge in [0, 0.05) is 48.4 Å². The van der Waals surface area contributed by atoms with E-state index in [4.69, 9.17) is 9.47 Å². The number of halogens is 6. The summed E-state index contributed by atoms with van der Waals surface area (Å²) in [6, 6.07) is 11.9. The van der Waals surface area contributed by atoms with Crippen molar-refractivity contribution in [1.82, 2.24) is 14.5 Å². The van der Waals surface area contributed by atoms with E-state index in [0.717, 1.165) is 18.2 Å². The van der Waals surface area contributed by atoms with Crippen LogP contribution < -0.4 is 4.74 Å². The van der Waals surface area contributed by atoms with Crippen molar-refractivity contribution in [2.75, 3.05) is 13.7 Å². The van der Waals surface area contributed by atoms with Gasteiger partial charge in [0.15, 0.2) is 11.6 Å². The van der Waals surface area contributed by atoms with Crippen molar-refractivity contribution in [3.8, 4) is 17.1 Å². The van der Waals surface area contributed by atoms with Crippen molar-refractivity contribution in [3.63, 3.8) is 0 Å². The number of fused-ring (bicyclic) bond motifs is 1. The van der Waals surface area contributed by atoms with Crippen LogP contribution in [0.1, 0.15) is 39.3 Å². The fourth-order valence-corrected chi connectivity index (χ4v) is 4.63. The van der Waals surface area contributed by atoms with E-state index in [-0.39, 0.29) is 41.7 Å². The fourth-order valence-electron chi connectivity index (χ4n) is 4.63. The highest BCUT2D eigenvalue weighted by Crippen LogP contribution is 2.31. The van der Waals surface area contributed by atoms with Gasteiger partial charge in [-0.1, -0.05) is 18.2 Å². The number of nitrogens with zero attached hydrogens (tertiary/aromatic N) is 3. The number of benzene rings is 3. The molecule has 0 atom stereocenters. The van der Waals surface area contributed by atoms with E-state index < -0.39 is 65.4 Å². The molecule has 2 aromatic heterocycles. The van der Waals surface area contributed by atoms with E-state index in [9.17, 15) is 23.1 Å². The molecule has 5 rings (SSSR count). The van der Waals surface area contributed by atoms with Crippen molar-refractivity contribution >= 4 is 17.0 Å². The molecule has 5 aromatic rings. The molecule has 0 fully saturated rings. The first-order chi connectivity index (χ1) is 21.1. The van der Waals surface area contributed by atoms with Gasteiger partial charge >= 0.3 is 5.97 Å². The highest BCUT2D eigenvalue weighted by molar-refractivity contribution is 5.92. The number of alkyl halides is 2. The van der Waals surface area contributed by atoms with Crippen LogP contribution in [0.5, 0.6) is 5.88 Å². The van der Waals surface area contributed by atoms with Gasteiger partial charge in [0.1, 0.15) is 24.1 Å². The zero-order valence-corrected chi connectivity index (χ0v) is 23.0. The maximum atomic E-state index is 15.4. The van der Waals surface area contributed by atoms with Gasteiger partial charge in [-0.2, -0.15) is 0 Å². The predicted molar refractivity (Wildman–Crippen MR) is 147 cm³/mol. The summed E-state index contributed by atoms with van der Waals surface area (Å²) >= 11 is 0. The number of aromatic nitrogens is 3. The number of carbonyl (C=O) groups is 1. The summed E-state index contributed by atoms with van der Waals surface area (Å²) in [5.41, 5.74) is -1.03. The highest BCUT2D eigenvalue weighted by Gasteiger charge is 2.24. The van der Waals surface area contributed by atoms with Crippen molar-refractivity contribution in [2.24, 2.45) is 0 Å². The van der Waals surface area contributed by atoms with E-state index in [0.29, 0.717) is 17.1 Å². The molecule has 0 spiro atoms. The number of pyridine rings is 1. The summed E-state index contributed by atoms with van der Waals surface area (Å²) in [6.07, 6.45) is -3.30. The SMILES string of the molecule is COCCn1c(Cc2c(F)cc(-c3cccc(OCc4ccc(C(F)F)cc4F)n3)c(F)c2F)nc2ccc(C(=O)O)cc21. The second-order valence-electron chi connectivity index (χ2n) is 9.67. The van der Waals surface area contributed by atoms with E-state index in [1.54, 1.807) is 4.57 Å². The Morgan fingerprint density at radius 3 is 2.45 bits per heavy atom. The number of carboxylic acid groups (broad SMARTS) is 1. The van der Waals surface area contributed by atoms with E-state index in [2.05, 4.69) is 9.97 Å². The first-order valence-corrected chi connectivity index (χ1v) is 13.1. The van der Waals surface area contributed by atoms with Crippen molar-refractivity contribution < 1.29 is 45.7 Å². The van der Waals surface area contributed by atoms with Crippen LogP contribution in [0.2, 0.25) is 0 Å². The Bertz CT molecular complexity index is 1860. The smallest absolute Gasteiger partial charge is 0.335 e. The molecule has 0 saturated carbocycles. The minimum absolute atomic E-state index is 0.0103. The number of rotatable bonds is 11. The van der Waals surface area contributed by atoms with Crippen LogP contribution >= 0.6 is 0 Å². The molecule has 2 heterocycles. The van der Waals surface area contributed by atoms with Gasteiger partial charge in [0.05, 0.1) is 28.9 Å². The van der Waals surface area contributed by atoms with E-state index in [1.807, 2.05) is 0 Å². The van der Waals surface area contributed by atoms with E-state index >= 15 is 13.2 Å². The van der Waals surface area contributed by atoms with Crippen LogP contribution in [-0.4, -0.2) is 39.3 Å². The second-order valence-corrected chi connectivity index (χ2v) is 9.67. The van der Waals surface area contributed by atoms with Crippen LogP contribution in [0, 0.1) is 23.3 Å². The highest BCUT2D eigenvalue weighted by atomic mass is 19.3. The van der Waals surface area contributed by atoms with Crippen LogP contribution in [0.3, 0.4) is 0 Å². The summed E-state index contributed by atoms with van der Waals surface area (Å²) in [5, 5.41) is 9.37. The van der Waals surface area contributed by atoms with Crippen LogP contribution in [0.15, 0.2) is 60.7 Å². The number of ether oxygens (including phenoxy) is 2. The Morgan fingerprint density at radius 2 is 1.75 bits per heavy atom. The summed E-state index contributed by atoms with van der Waals surface area (Å²) in [7, 11) is 1.45. The number of carboxylic acids is 1. The Balaban J connectivity index is 1.43. The number of hydrogen-bond donors (Lipinski definition) is 1. The third kappa shape index (κ3) is 6.23. The molecule has 0 amide bonds. The standard InChI is InChI=1S/C31H23F6N3O4/c1-43-10-9-40-25-12-17(31(41)42)7-8-24(25)38-26(40)14-19-22(33)13-20(29(35)28(19)34)23-3-2-4-27(39-23)44-15-18-6-5-16(30(36)37)11-21(18)32/h2-8,11-13,30H,9-10,14-15H2,1H3,(H,41,42). The molecule has 0 aliphatic heterocycles. The molecule has 0 bridgehead atoms. The maximum Gasteiger partial charge on any atom is 0.335 e. The van der Waals surface area contributed by atoms with Gasteiger partial charge in [-0.15, -0.1) is 0 Å². The summed E-state index contributed by atoms with van der Waals surface area (Å²) in [6.45, 7) is -0.0219. The third-order valence-electron chi connectivity index (χ3n) is 6.89. The van der Waals surface area contributed by atoms with Gasteiger partial charge in [0.2, 0.25) is 5.88 Å². The molecular formula is C31H23F6N3O4. The van der Waals surface area contributed by atoms with Crippen molar-refractivity contribution in [2.45, 2.75) is 26.0 Å². The fraction of sp³-hybridized carbons (Fsp3) is 0.194. The molecule has 7 nitrogen and oxygen atoms in total. The van der Waals surface area contributed by atoms with Gasteiger partial charge in [0.25, 0.3) is 6.43 Å². The van der Waals surface area contributed by atoms with Gasteiger partial charge in [-0.3, -0.25) is 0 Å². The lowest BCUT2D eigenvalue weighted by Gasteiger charge is -2.13. The summed E-state index contributed by atoms with van der Waals surface area (Å²) in [5.74, 6) is -5.98. The zero-order chi connectivity index (χ0) is 31.5. The van der Waals surface area contributed by atoms with Gasteiger partial charge in [-0.25, -0.2) is 41.1 Å². The normalized spacial score (nSPS) is 11.5. The molecule has 0 radical (unpaired) electrons. The first-order valence-electron chi connectivity index (χ1n) is 13.1. The number of aromatic carboxylic acids is 1. The molecule has 0 unspecified atom stereocenters. The summed E-state index contributed by atoms with van der Waals surface area (Å²) in [4.78, 5) is 19.9. The molecule has 3 aromatic carbocycles. The topological polar surface area (TPSA) is 86.5 Å². The van der Waals surface area contributed by atoms with Gasteiger partial charge in [-0.05, 0) is 36.4 Å². The largest absolute Gasteiger partial charge is 0.478 e. The molecule has 44 heavy (non-hydrogen) atoms. The maximum absolute atomic E-state index is 15.4. The lowest BCUT2D eigenvalue weighted by molar-refractivity contribution is 0.0697. The number of imidazole rings is 1. The average molecular weight is 616 g/mol. The predicted octanol–water partition coefficient (Wildman–Crippen LogP) is 7.11. The Morgan fingerprint density at radius 1 is 0.955 bits per heavy atom. The molecule has 0 aliphatic carbocycles. The molecule has 228 valence electrons. The van der Waals surface area contributed by atoms with Gasteiger partial charge < -0.3 is 19.1 Å². The quantitative estimate of drug-likeness (QED) is 0.126. The van der Waals surface area contributed by atoms with Crippen molar-refractivity contribution in [1.29, 1.82) is 0 Å². The Labute approximate surface area is 246 Å². The lowest BCUT2D eigenvalue weighted by atomic mass is 10.0. The van der Waals surface area contributed by atoms with Crippen LogP contribution in [0.25, 0.3) is 22.3 Å². The molecule has 0 saturated heterocycles. The summed E-state index contributed by atoms with van der Waals surface area (Å²) < 4.78 is 98.0. The molecule has 13 heteroatoms. The lowest BCUT2D eigenvalue weighted by Crippen LogP contribution is -2.11. The molecular weight excluding hydrogens is 592 g/mol. The van der Waals surface area contributed by atoms with Crippen LogP contribution in [-0.2, 0) is 24.3 Å². The van der Waals surface area contributed by atoms with Crippen LogP contribution in [0.4, 0.5) is 26.3 Å². The number of methoxy groups -OCH3 is 1. The zero-order valence-electron chi connectivity index (χ0n) is 23.0. The molecule has 0 aliphatic rings. The minimum Gasteiger partial charge on any atom is -0.478 e. The third-order valence-corrected chi connectivity index (χ3v) is 6.89. The monoisotopic (exact) mass is 615 g/mol. The number of hydrogen-bond acceptors (Lipinski definition) is 5.